The molecule has 1 N–H and O–H groups in total. The molecule has 0 aliphatic heterocycles. The number of methoxy groups -OCH3 is 1. The van der Waals surface area contributed by atoms with E-state index in [-0.39, 0.29) is 5.78 Å². The zero-order valence-corrected chi connectivity index (χ0v) is 12.6. The van der Waals surface area contributed by atoms with Gasteiger partial charge in [0.1, 0.15) is 5.75 Å². The predicted octanol–water partition coefficient (Wildman–Crippen LogP) is 3.94. The van der Waals surface area contributed by atoms with Crippen LogP contribution in [0.25, 0.3) is 0 Å². The topological polar surface area (TPSA) is 38.3 Å². The lowest BCUT2D eigenvalue weighted by molar-refractivity contribution is 0.0986. The van der Waals surface area contributed by atoms with E-state index < -0.39 is 0 Å². The van der Waals surface area contributed by atoms with Crippen LogP contribution in [0.5, 0.6) is 5.75 Å². The molecule has 0 heterocycles. The molecule has 0 unspecified atom stereocenters. The molecule has 0 aromatic heterocycles. The van der Waals surface area contributed by atoms with Crippen molar-refractivity contribution in [2.75, 3.05) is 19.0 Å². The van der Waals surface area contributed by atoms with Crippen LogP contribution < -0.4 is 10.1 Å². The van der Waals surface area contributed by atoms with Gasteiger partial charge in [-0.2, -0.15) is 0 Å². The van der Waals surface area contributed by atoms with E-state index in [2.05, 4.69) is 36.5 Å². The standard InChI is InChI=1S/C18H21NO2/c1-3-14-4-8-16(9-5-14)19-13-12-18(20)15-6-10-17(21-2)11-7-15/h4-11,19H,3,12-13H2,1-2H3. The third-order valence-electron chi connectivity index (χ3n) is 3.46. The molecule has 0 saturated heterocycles. The number of Topliss-reactive ketones (excluding diaryl/α,β-unsaturated/α-hetero) is 1. The van der Waals surface area contributed by atoms with Crippen LogP contribution in [0.4, 0.5) is 5.69 Å². The largest absolute Gasteiger partial charge is 0.497 e. The lowest BCUT2D eigenvalue weighted by atomic mass is 10.1. The van der Waals surface area contributed by atoms with Crippen molar-refractivity contribution in [3.8, 4) is 5.75 Å². The molecule has 2 aromatic rings. The van der Waals surface area contributed by atoms with Gasteiger partial charge in [0.25, 0.3) is 0 Å². The van der Waals surface area contributed by atoms with Gasteiger partial charge >= 0.3 is 0 Å². The third kappa shape index (κ3) is 4.35. The van der Waals surface area contributed by atoms with E-state index >= 15 is 0 Å². The van der Waals surface area contributed by atoms with Crippen LogP contribution >= 0.6 is 0 Å². The first kappa shape index (κ1) is 15.1. The second-order valence-corrected chi connectivity index (χ2v) is 4.88. The minimum absolute atomic E-state index is 0.135. The Morgan fingerprint density at radius 1 is 1.05 bits per heavy atom. The SMILES string of the molecule is CCc1ccc(NCCC(=O)c2ccc(OC)cc2)cc1. The van der Waals surface area contributed by atoms with Gasteiger partial charge in [0.05, 0.1) is 7.11 Å². The maximum Gasteiger partial charge on any atom is 0.164 e. The van der Waals surface area contributed by atoms with Crippen LogP contribution in [0.3, 0.4) is 0 Å². The summed E-state index contributed by atoms with van der Waals surface area (Å²) in [5.74, 6) is 0.899. The molecule has 2 aromatic carbocycles. The van der Waals surface area contributed by atoms with Crippen molar-refractivity contribution in [3.63, 3.8) is 0 Å². The van der Waals surface area contributed by atoms with Gasteiger partial charge in [-0.3, -0.25) is 4.79 Å². The monoisotopic (exact) mass is 283 g/mol. The lowest BCUT2D eigenvalue weighted by Gasteiger charge is -2.07. The second-order valence-electron chi connectivity index (χ2n) is 4.88. The van der Waals surface area contributed by atoms with Gasteiger partial charge in [0, 0.05) is 24.2 Å². The van der Waals surface area contributed by atoms with Gasteiger partial charge < -0.3 is 10.1 Å². The average molecular weight is 283 g/mol. The number of anilines is 1. The number of rotatable bonds is 7. The molecule has 0 spiro atoms. The Hall–Kier alpha value is -2.29. The maximum absolute atomic E-state index is 12.1. The molecule has 0 aliphatic rings. The van der Waals surface area contributed by atoms with Gasteiger partial charge in [-0.25, -0.2) is 0 Å². The number of ether oxygens (including phenoxy) is 1. The van der Waals surface area contributed by atoms with Crippen LogP contribution in [0.1, 0.15) is 29.3 Å². The minimum atomic E-state index is 0.135. The van der Waals surface area contributed by atoms with E-state index in [1.807, 2.05) is 12.1 Å². The highest BCUT2D eigenvalue weighted by Crippen LogP contribution is 2.13. The number of ketones is 1. The van der Waals surface area contributed by atoms with Crippen LogP contribution in [0.2, 0.25) is 0 Å². The quantitative estimate of drug-likeness (QED) is 0.782. The van der Waals surface area contributed by atoms with Crippen LogP contribution in [0.15, 0.2) is 48.5 Å². The molecule has 21 heavy (non-hydrogen) atoms. The molecule has 0 amide bonds. The first-order valence-corrected chi connectivity index (χ1v) is 7.23. The number of hydrogen-bond acceptors (Lipinski definition) is 3. The number of carbonyl (C=O) groups excluding carboxylic acids is 1. The Morgan fingerprint density at radius 2 is 1.71 bits per heavy atom. The summed E-state index contributed by atoms with van der Waals surface area (Å²) in [5, 5.41) is 3.27. The molecule has 110 valence electrons. The Morgan fingerprint density at radius 3 is 2.29 bits per heavy atom. The highest BCUT2D eigenvalue weighted by Gasteiger charge is 2.05. The number of carbonyl (C=O) groups is 1. The number of hydrogen-bond donors (Lipinski definition) is 1. The number of aryl methyl sites for hydroxylation is 1. The summed E-state index contributed by atoms with van der Waals surface area (Å²) >= 11 is 0. The molecule has 0 atom stereocenters. The molecule has 0 aliphatic carbocycles. The van der Waals surface area contributed by atoms with Gasteiger partial charge in [0.15, 0.2) is 5.78 Å². The van der Waals surface area contributed by atoms with E-state index in [4.69, 9.17) is 4.74 Å². The smallest absolute Gasteiger partial charge is 0.164 e. The normalized spacial score (nSPS) is 10.2. The highest BCUT2D eigenvalue weighted by atomic mass is 16.5. The van der Waals surface area contributed by atoms with Crippen molar-refractivity contribution in [2.24, 2.45) is 0 Å². The Balaban J connectivity index is 1.82. The van der Waals surface area contributed by atoms with Crippen molar-refractivity contribution in [1.29, 1.82) is 0 Å². The summed E-state index contributed by atoms with van der Waals surface area (Å²) in [4.78, 5) is 12.1. The summed E-state index contributed by atoms with van der Waals surface area (Å²) in [6, 6.07) is 15.5. The van der Waals surface area contributed by atoms with Crippen molar-refractivity contribution < 1.29 is 9.53 Å². The molecule has 2 rings (SSSR count). The highest BCUT2D eigenvalue weighted by molar-refractivity contribution is 5.96. The zero-order chi connectivity index (χ0) is 15.1. The van der Waals surface area contributed by atoms with E-state index in [0.717, 1.165) is 23.4 Å². The molecular formula is C18H21NO2. The van der Waals surface area contributed by atoms with Gasteiger partial charge in [-0.15, -0.1) is 0 Å². The lowest BCUT2D eigenvalue weighted by Crippen LogP contribution is -2.08. The van der Waals surface area contributed by atoms with E-state index in [1.54, 1.807) is 19.2 Å². The van der Waals surface area contributed by atoms with Crippen molar-refractivity contribution in [1.82, 2.24) is 0 Å². The molecule has 0 radical (unpaired) electrons. The van der Waals surface area contributed by atoms with Gasteiger partial charge in [-0.1, -0.05) is 19.1 Å². The van der Waals surface area contributed by atoms with Crippen LogP contribution in [-0.4, -0.2) is 19.4 Å². The first-order chi connectivity index (χ1) is 10.2. The molecule has 0 bridgehead atoms. The Kier molecular flexibility index (Phi) is 5.38. The fourth-order valence-electron chi connectivity index (χ4n) is 2.10. The first-order valence-electron chi connectivity index (χ1n) is 7.23. The van der Waals surface area contributed by atoms with Crippen LogP contribution in [0, 0.1) is 0 Å². The van der Waals surface area contributed by atoms with Crippen molar-refractivity contribution in [3.05, 3.63) is 59.7 Å². The number of nitrogens with one attached hydrogen (secondary N) is 1. The second kappa shape index (κ2) is 7.48. The molecule has 0 fully saturated rings. The zero-order valence-electron chi connectivity index (χ0n) is 12.6. The van der Waals surface area contributed by atoms with Crippen molar-refractivity contribution in [2.45, 2.75) is 19.8 Å². The Labute approximate surface area is 126 Å². The molecular weight excluding hydrogens is 262 g/mol. The van der Waals surface area contributed by atoms with E-state index in [0.29, 0.717) is 13.0 Å². The summed E-state index contributed by atoms with van der Waals surface area (Å²) < 4.78 is 5.08. The average Bonchev–Trinajstić information content (AvgIpc) is 2.55. The minimum Gasteiger partial charge on any atom is -0.497 e. The summed E-state index contributed by atoms with van der Waals surface area (Å²) in [5.41, 5.74) is 3.09. The molecule has 0 saturated carbocycles. The fraction of sp³-hybridized carbons (Fsp3) is 0.278. The molecule has 3 nitrogen and oxygen atoms in total. The fourth-order valence-corrected chi connectivity index (χ4v) is 2.10. The van der Waals surface area contributed by atoms with Gasteiger partial charge in [-0.05, 0) is 48.4 Å². The maximum atomic E-state index is 12.1. The predicted molar refractivity (Wildman–Crippen MR) is 86.3 cm³/mol. The third-order valence-corrected chi connectivity index (χ3v) is 3.46. The van der Waals surface area contributed by atoms with E-state index in [1.165, 1.54) is 5.56 Å². The summed E-state index contributed by atoms with van der Waals surface area (Å²) in [6.07, 6.45) is 1.51. The summed E-state index contributed by atoms with van der Waals surface area (Å²) in [7, 11) is 1.62. The molecule has 3 heteroatoms. The van der Waals surface area contributed by atoms with Crippen LogP contribution in [-0.2, 0) is 6.42 Å². The Bertz CT molecular complexity index is 573. The van der Waals surface area contributed by atoms with Crippen molar-refractivity contribution >= 4 is 11.5 Å². The van der Waals surface area contributed by atoms with E-state index in [9.17, 15) is 4.79 Å². The van der Waals surface area contributed by atoms with Gasteiger partial charge in [0.2, 0.25) is 0 Å². The number of benzene rings is 2. The summed E-state index contributed by atoms with van der Waals surface area (Å²) in [6.45, 7) is 2.77.